The normalized spacial score (nSPS) is 14.0. The van der Waals surface area contributed by atoms with Crippen molar-refractivity contribution in [1.29, 1.82) is 0 Å². The lowest BCUT2D eigenvalue weighted by molar-refractivity contribution is 0.978. The van der Waals surface area contributed by atoms with Crippen LogP contribution in [-0.2, 0) is 6.42 Å². The van der Waals surface area contributed by atoms with Crippen LogP contribution in [-0.4, -0.2) is 0 Å². The predicted octanol–water partition coefficient (Wildman–Crippen LogP) is 9.05. The van der Waals surface area contributed by atoms with Crippen LogP contribution in [0.1, 0.15) is 17.5 Å². The minimum Gasteiger partial charge on any atom is -0.306 e. The molecular formula is C32H24N2. The molecule has 0 unspecified atom stereocenters. The van der Waals surface area contributed by atoms with Gasteiger partial charge in [-0.1, -0.05) is 84.9 Å². The lowest BCUT2D eigenvalue weighted by Crippen LogP contribution is -2.26. The van der Waals surface area contributed by atoms with Crippen molar-refractivity contribution in [2.24, 2.45) is 0 Å². The number of benzene rings is 5. The molecule has 162 valence electrons. The van der Waals surface area contributed by atoms with Gasteiger partial charge >= 0.3 is 0 Å². The van der Waals surface area contributed by atoms with Crippen LogP contribution in [0, 0.1) is 0 Å². The van der Waals surface area contributed by atoms with Gasteiger partial charge in [-0.15, -0.1) is 0 Å². The van der Waals surface area contributed by atoms with E-state index in [2.05, 4.69) is 131 Å². The molecule has 2 aliphatic rings. The van der Waals surface area contributed by atoms with Crippen molar-refractivity contribution >= 4 is 51.0 Å². The fourth-order valence-corrected chi connectivity index (χ4v) is 5.60. The zero-order valence-corrected chi connectivity index (χ0v) is 18.9. The molecule has 2 heteroatoms. The maximum absolute atomic E-state index is 2.48. The van der Waals surface area contributed by atoms with E-state index in [9.17, 15) is 0 Å². The molecule has 0 spiro atoms. The molecule has 7 rings (SSSR count). The number of hydrogen-bond acceptors (Lipinski definition) is 2. The molecule has 0 fully saturated rings. The molecule has 0 saturated heterocycles. The molecule has 0 radical (unpaired) electrons. The Labute approximate surface area is 200 Å². The van der Waals surface area contributed by atoms with Gasteiger partial charge in [0.05, 0.1) is 22.7 Å². The first kappa shape index (κ1) is 19.2. The summed E-state index contributed by atoms with van der Waals surface area (Å²) in [6, 6.07) is 39.3. The lowest BCUT2D eigenvalue weighted by Gasteiger charge is -2.43. The van der Waals surface area contributed by atoms with Crippen LogP contribution in [0.25, 0.3) is 16.8 Å². The predicted molar refractivity (Wildman–Crippen MR) is 144 cm³/mol. The molecule has 0 N–H and O–H groups in total. The first-order chi connectivity index (χ1) is 16.9. The van der Waals surface area contributed by atoms with Crippen molar-refractivity contribution in [3.63, 3.8) is 0 Å². The largest absolute Gasteiger partial charge is 0.306 e. The summed E-state index contributed by atoms with van der Waals surface area (Å²) in [4.78, 5) is 4.94. The minimum atomic E-state index is 1.03. The van der Waals surface area contributed by atoms with Crippen molar-refractivity contribution in [2.45, 2.75) is 12.8 Å². The van der Waals surface area contributed by atoms with E-state index in [4.69, 9.17) is 0 Å². The molecule has 34 heavy (non-hydrogen) atoms. The Balaban J connectivity index is 1.68. The molecule has 5 aromatic rings. The van der Waals surface area contributed by atoms with Gasteiger partial charge in [-0.05, 0) is 65.8 Å². The summed E-state index contributed by atoms with van der Waals surface area (Å²) in [6.45, 7) is 0. The Morgan fingerprint density at radius 1 is 0.500 bits per heavy atom. The molecule has 5 aromatic carbocycles. The van der Waals surface area contributed by atoms with Gasteiger partial charge in [0.15, 0.2) is 0 Å². The smallest absolute Gasteiger partial charge is 0.0785 e. The third-order valence-electron chi connectivity index (χ3n) is 6.99. The number of rotatable bonds is 2. The molecule has 0 bridgehead atoms. The van der Waals surface area contributed by atoms with Crippen LogP contribution >= 0.6 is 0 Å². The van der Waals surface area contributed by atoms with Gasteiger partial charge in [-0.2, -0.15) is 0 Å². The molecular weight excluding hydrogens is 412 g/mol. The zero-order chi connectivity index (χ0) is 22.5. The second-order valence-corrected chi connectivity index (χ2v) is 8.91. The number of hydrogen-bond donors (Lipinski definition) is 0. The topological polar surface area (TPSA) is 6.48 Å². The van der Waals surface area contributed by atoms with Gasteiger partial charge < -0.3 is 9.80 Å². The highest BCUT2D eigenvalue weighted by Gasteiger charge is 2.35. The van der Waals surface area contributed by atoms with E-state index in [1.807, 2.05) is 0 Å². The van der Waals surface area contributed by atoms with Gasteiger partial charge in [0.1, 0.15) is 0 Å². The minimum absolute atomic E-state index is 1.03. The maximum Gasteiger partial charge on any atom is 0.0785 e. The van der Waals surface area contributed by atoms with Crippen LogP contribution < -0.4 is 9.80 Å². The molecule has 1 heterocycles. The fourth-order valence-electron chi connectivity index (χ4n) is 5.60. The fraction of sp³-hybridized carbons (Fsp3) is 0.0625. The summed E-state index contributed by atoms with van der Waals surface area (Å²) in [5.41, 5.74) is 10.1. The molecule has 0 aromatic heterocycles. The molecule has 1 aliphatic carbocycles. The van der Waals surface area contributed by atoms with E-state index in [1.165, 1.54) is 56.0 Å². The van der Waals surface area contributed by atoms with Crippen molar-refractivity contribution in [1.82, 2.24) is 0 Å². The van der Waals surface area contributed by atoms with E-state index in [0.29, 0.717) is 0 Å². The first-order valence-corrected chi connectivity index (χ1v) is 12.0. The summed E-state index contributed by atoms with van der Waals surface area (Å²) in [7, 11) is 0. The van der Waals surface area contributed by atoms with Crippen molar-refractivity contribution in [2.75, 3.05) is 9.80 Å². The second kappa shape index (κ2) is 7.64. The Bertz CT molecular complexity index is 1550. The second-order valence-electron chi connectivity index (χ2n) is 8.91. The SMILES string of the molecule is C1=Cc2c(c3c(c4ccccc24)N(c2ccccc2)c2ccccc2N3c2ccccc2)CC1. The molecule has 0 saturated carbocycles. The average molecular weight is 437 g/mol. The highest BCUT2D eigenvalue weighted by atomic mass is 15.3. The van der Waals surface area contributed by atoms with Crippen molar-refractivity contribution in [3.05, 3.63) is 126 Å². The maximum atomic E-state index is 2.48. The highest BCUT2D eigenvalue weighted by molar-refractivity contribution is 6.15. The van der Waals surface area contributed by atoms with Gasteiger partial charge in [0, 0.05) is 16.8 Å². The molecule has 0 amide bonds. The van der Waals surface area contributed by atoms with E-state index in [0.717, 1.165) is 12.8 Å². The summed E-state index contributed by atoms with van der Waals surface area (Å²) < 4.78 is 0. The lowest BCUT2D eigenvalue weighted by atomic mass is 9.86. The van der Waals surface area contributed by atoms with Gasteiger partial charge in [-0.25, -0.2) is 0 Å². The summed E-state index contributed by atoms with van der Waals surface area (Å²) in [5.74, 6) is 0. The first-order valence-electron chi connectivity index (χ1n) is 12.0. The van der Waals surface area contributed by atoms with E-state index in [1.54, 1.807) is 0 Å². The molecule has 2 nitrogen and oxygen atoms in total. The van der Waals surface area contributed by atoms with Gasteiger partial charge in [-0.3, -0.25) is 0 Å². The van der Waals surface area contributed by atoms with E-state index < -0.39 is 0 Å². The summed E-state index contributed by atoms with van der Waals surface area (Å²) in [5, 5.41) is 2.60. The average Bonchev–Trinajstić information content (AvgIpc) is 2.93. The standard InChI is InChI=1S/C32H24N2/c1-3-13-23(14-4-1)33-29-21-11-12-22-30(29)34(24-15-5-2-6-16-24)32-28-20-10-8-18-26(28)25-17-7-9-19-27(25)31(32)33/h1-9,11-19,21-22H,10,20H2. The number of fused-ring (bicyclic) bond motifs is 7. The Kier molecular flexibility index (Phi) is 4.31. The Morgan fingerprint density at radius 2 is 1.03 bits per heavy atom. The summed E-state index contributed by atoms with van der Waals surface area (Å²) in [6.07, 6.45) is 6.75. The third-order valence-corrected chi connectivity index (χ3v) is 6.99. The highest BCUT2D eigenvalue weighted by Crippen LogP contribution is 2.58. The number of para-hydroxylation sites is 4. The molecule has 1 aliphatic heterocycles. The summed E-state index contributed by atoms with van der Waals surface area (Å²) >= 11 is 0. The van der Waals surface area contributed by atoms with Crippen molar-refractivity contribution in [3.8, 4) is 0 Å². The van der Waals surface area contributed by atoms with Crippen molar-refractivity contribution < 1.29 is 0 Å². The zero-order valence-electron chi connectivity index (χ0n) is 18.9. The van der Waals surface area contributed by atoms with Crippen LogP contribution in [0.5, 0.6) is 0 Å². The van der Waals surface area contributed by atoms with Crippen LogP contribution in [0.2, 0.25) is 0 Å². The number of allylic oxidation sites excluding steroid dienone is 1. The number of nitrogens with zero attached hydrogens (tertiary/aromatic N) is 2. The third kappa shape index (κ3) is 2.75. The Morgan fingerprint density at radius 3 is 1.68 bits per heavy atom. The van der Waals surface area contributed by atoms with E-state index in [-0.39, 0.29) is 0 Å². The van der Waals surface area contributed by atoms with Crippen LogP contribution in [0.3, 0.4) is 0 Å². The monoisotopic (exact) mass is 436 g/mol. The van der Waals surface area contributed by atoms with Crippen LogP contribution in [0.15, 0.2) is 115 Å². The Hall–Kier alpha value is -4.30. The molecule has 0 atom stereocenters. The van der Waals surface area contributed by atoms with E-state index >= 15 is 0 Å². The quantitative estimate of drug-likeness (QED) is 0.267. The number of anilines is 6. The van der Waals surface area contributed by atoms with Crippen LogP contribution in [0.4, 0.5) is 34.1 Å². The van der Waals surface area contributed by atoms with Gasteiger partial charge in [0.2, 0.25) is 0 Å². The van der Waals surface area contributed by atoms with Gasteiger partial charge in [0.25, 0.3) is 0 Å².